The average Bonchev–Trinajstić information content (AvgIpc) is 3.16. The van der Waals surface area contributed by atoms with Crippen LogP contribution in [0.1, 0.15) is 44.0 Å². The van der Waals surface area contributed by atoms with E-state index >= 15 is 0 Å². The molecule has 13 heteroatoms. The zero-order chi connectivity index (χ0) is 24.7. The Balaban J connectivity index is 2.17. The standard InChI is InChI=1S/C20H21Cl2F3N4O3S/c1-4-5-8-33(31,32)28(3)19(30)17-11(2)26-16-10-15(20(23,24)25)27-29(16)18(17)12-6-7-13(21)14(22)9-12/h6-7,9-10,18,26H,4-5,8H2,1-3H3. The highest BCUT2D eigenvalue weighted by molar-refractivity contribution is 7.89. The number of benzene rings is 1. The first-order valence-corrected chi connectivity index (χ1v) is 12.2. The van der Waals surface area contributed by atoms with Gasteiger partial charge in [-0.2, -0.15) is 18.3 Å². The summed E-state index contributed by atoms with van der Waals surface area (Å²) < 4.78 is 67.0. The molecule has 1 aliphatic rings. The Morgan fingerprint density at radius 3 is 2.48 bits per heavy atom. The van der Waals surface area contributed by atoms with Crippen LogP contribution in [0.4, 0.5) is 19.0 Å². The summed E-state index contributed by atoms with van der Waals surface area (Å²) in [6, 6.07) is 3.98. The van der Waals surface area contributed by atoms with Crippen molar-refractivity contribution in [2.45, 2.75) is 38.9 Å². The van der Waals surface area contributed by atoms with Crippen LogP contribution in [-0.2, 0) is 21.0 Å². The Labute approximate surface area is 199 Å². The van der Waals surface area contributed by atoms with Gasteiger partial charge in [-0.05, 0) is 31.0 Å². The number of amides is 1. The van der Waals surface area contributed by atoms with E-state index in [-0.39, 0.29) is 32.9 Å². The number of carbonyl (C=O) groups is 1. The van der Waals surface area contributed by atoms with E-state index in [1.165, 1.54) is 25.1 Å². The van der Waals surface area contributed by atoms with Crippen molar-refractivity contribution in [1.29, 1.82) is 0 Å². The summed E-state index contributed by atoms with van der Waals surface area (Å²) in [5, 5.41) is 6.73. The zero-order valence-electron chi connectivity index (χ0n) is 17.9. The van der Waals surface area contributed by atoms with Crippen molar-refractivity contribution in [3.05, 3.63) is 56.8 Å². The summed E-state index contributed by atoms with van der Waals surface area (Å²) in [7, 11) is -2.82. The second-order valence-corrected chi connectivity index (χ2v) is 10.5. The van der Waals surface area contributed by atoms with Crippen LogP contribution in [0.25, 0.3) is 0 Å². The highest BCUT2D eigenvalue weighted by Crippen LogP contribution is 2.41. The minimum atomic E-state index is -4.73. The summed E-state index contributed by atoms with van der Waals surface area (Å²) in [5.41, 5.74) is -0.749. The van der Waals surface area contributed by atoms with E-state index in [9.17, 15) is 26.4 Å². The molecule has 0 fully saturated rings. The fraction of sp³-hybridized carbons (Fsp3) is 0.400. The first-order valence-electron chi connectivity index (χ1n) is 9.88. The number of sulfonamides is 1. The molecule has 0 spiro atoms. The number of allylic oxidation sites excluding steroid dienone is 1. The van der Waals surface area contributed by atoms with Gasteiger partial charge in [0.15, 0.2) is 5.69 Å². The number of carbonyl (C=O) groups excluding carboxylic acids is 1. The number of anilines is 1. The monoisotopic (exact) mass is 524 g/mol. The van der Waals surface area contributed by atoms with Crippen LogP contribution >= 0.6 is 23.2 Å². The zero-order valence-corrected chi connectivity index (χ0v) is 20.2. The normalized spacial score (nSPS) is 16.4. The van der Waals surface area contributed by atoms with Crippen molar-refractivity contribution in [2.24, 2.45) is 0 Å². The maximum atomic E-state index is 13.4. The van der Waals surface area contributed by atoms with Crippen LogP contribution < -0.4 is 5.32 Å². The SMILES string of the molecule is CCCCS(=O)(=O)N(C)C(=O)C1=C(C)Nc2cc(C(F)(F)F)nn2C1c1ccc(Cl)c(Cl)c1. The summed E-state index contributed by atoms with van der Waals surface area (Å²) >= 11 is 12.1. The van der Waals surface area contributed by atoms with Crippen LogP contribution in [0.5, 0.6) is 0 Å². The van der Waals surface area contributed by atoms with Crippen LogP contribution in [0.15, 0.2) is 35.5 Å². The molecular formula is C20H21Cl2F3N4O3S. The molecule has 1 aromatic carbocycles. The van der Waals surface area contributed by atoms with Gasteiger partial charge in [0.2, 0.25) is 10.0 Å². The van der Waals surface area contributed by atoms with Crippen LogP contribution in [0.2, 0.25) is 10.0 Å². The third-order valence-corrected chi connectivity index (χ3v) is 7.76. The van der Waals surface area contributed by atoms with E-state index < -0.39 is 33.8 Å². The Morgan fingerprint density at radius 2 is 1.91 bits per heavy atom. The molecule has 33 heavy (non-hydrogen) atoms. The maximum Gasteiger partial charge on any atom is 0.435 e. The van der Waals surface area contributed by atoms with Crippen molar-refractivity contribution in [3.63, 3.8) is 0 Å². The molecule has 7 nitrogen and oxygen atoms in total. The number of fused-ring (bicyclic) bond motifs is 1. The highest BCUT2D eigenvalue weighted by Gasteiger charge is 2.41. The summed E-state index contributed by atoms with van der Waals surface area (Å²) in [5.74, 6) is -1.14. The van der Waals surface area contributed by atoms with E-state index in [1.54, 1.807) is 0 Å². The molecule has 0 radical (unpaired) electrons. The number of likely N-dealkylation sites (N-methyl/N-ethyl adjacent to an activating group) is 1. The number of unbranched alkanes of at least 4 members (excludes halogenated alkanes) is 1. The van der Waals surface area contributed by atoms with Gasteiger partial charge in [-0.15, -0.1) is 0 Å². The second kappa shape index (κ2) is 9.19. The van der Waals surface area contributed by atoms with Gasteiger partial charge in [0.25, 0.3) is 5.91 Å². The van der Waals surface area contributed by atoms with E-state index in [4.69, 9.17) is 23.2 Å². The first-order chi connectivity index (χ1) is 15.3. The van der Waals surface area contributed by atoms with Crippen molar-refractivity contribution in [2.75, 3.05) is 18.1 Å². The van der Waals surface area contributed by atoms with Gasteiger partial charge in [-0.3, -0.25) is 4.79 Å². The topological polar surface area (TPSA) is 84.3 Å². The minimum Gasteiger partial charge on any atom is -0.344 e. The van der Waals surface area contributed by atoms with Crippen molar-refractivity contribution < 1.29 is 26.4 Å². The fourth-order valence-corrected chi connectivity index (χ4v) is 5.02. The molecule has 0 saturated carbocycles. The molecule has 1 atom stereocenters. The lowest BCUT2D eigenvalue weighted by molar-refractivity contribution is -0.141. The number of hydrogen-bond acceptors (Lipinski definition) is 5. The van der Waals surface area contributed by atoms with Gasteiger partial charge >= 0.3 is 6.18 Å². The van der Waals surface area contributed by atoms with E-state index in [1.807, 2.05) is 6.92 Å². The lowest BCUT2D eigenvalue weighted by atomic mass is 9.95. The molecule has 1 N–H and O–H groups in total. The van der Waals surface area contributed by atoms with Gasteiger partial charge in [-0.25, -0.2) is 17.4 Å². The van der Waals surface area contributed by atoms with E-state index in [2.05, 4.69) is 10.4 Å². The minimum absolute atomic E-state index is 0.0102. The number of alkyl halides is 3. The second-order valence-electron chi connectivity index (χ2n) is 7.54. The number of nitrogens with one attached hydrogen (secondary N) is 1. The van der Waals surface area contributed by atoms with Crippen molar-refractivity contribution >= 4 is 45.0 Å². The number of nitrogens with zero attached hydrogens (tertiary/aromatic N) is 3. The first kappa shape index (κ1) is 25.4. The molecule has 2 aromatic rings. The van der Waals surface area contributed by atoms with Crippen LogP contribution in [-0.4, -0.2) is 41.2 Å². The molecule has 3 rings (SSSR count). The molecule has 2 heterocycles. The molecule has 1 unspecified atom stereocenters. The maximum absolute atomic E-state index is 13.4. The molecule has 180 valence electrons. The lowest BCUT2D eigenvalue weighted by Gasteiger charge is -2.31. The van der Waals surface area contributed by atoms with Gasteiger partial charge in [0.1, 0.15) is 11.9 Å². The number of halogens is 5. The van der Waals surface area contributed by atoms with Gasteiger partial charge in [0.05, 0.1) is 21.4 Å². The van der Waals surface area contributed by atoms with Crippen LogP contribution in [0.3, 0.4) is 0 Å². The number of rotatable bonds is 6. The highest BCUT2D eigenvalue weighted by atomic mass is 35.5. The molecule has 1 aliphatic heterocycles. The fourth-order valence-electron chi connectivity index (χ4n) is 3.44. The van der Waals surface area contributed by atoms with E-state index in [0.717, 1.165) is 17.8 Å². The van der Waals surface area contributed by atoms with Crippen molar-refractivity contribution in [1.82, 2.24) is 14.1 Å². The summed E-state index contributed by atoms with van der Waals surface area (Å²) in [6.45, 7) is 3.29. The van der Waals surface area contributed by atoms with Crippen molar-refractivity contribution in [3.8, 4) is 0 Å². The third-order valence-electron chi connectivity index (χ3n) is 5.21. The van der Waals surface area contributed by atoms with Crippen LogP contribution in [0, 0.1) is 0 Å². The number of aromatic nitrogens is 2. The molecular weight excluding hydrogens is 504 g/mol. The predicted octanol–water partition coefficient (Wildman–Crippen LogP) is 5.09. The molecule has 0 bridgehead atoms. The summed E-state index contributed by atoms with van der Waals surface area (Å²) in [4.78, 5) is 13.4. The lowest BCUT2D eigenvalue weighted by Crippen LogP contribution is -2.40. The van der Waals surface area contributed by atoms with E-state index in [0.29, 0.717) is 22.7 Å². The van der Waals surface area contributed by atoms with Gasteiger partial charge in [-0.1, -0.05) is 42.6 Å². The Morgan fingerprint density at radius 1 is 1.24 bits per heavy atom. The summed E-state index contributed by atoms with van der Waals surface area (Å²) in [6.07, 6.45) is -3.77. The molecule has 0 aliphatic carbocycles. The molecule has 1 aromatic heterocycles. The Kier molecular flexibility index (Phi) is 7.07. The molecule has 1 amide bonds. The predicted molar refractivity (Wildman–Crippen MR) is 120 cm³/mol. The molecule has 0 saturated heterocycles. The smallest absolute Gasteiger partial charge is 0.344 e. The largest absolute Gasteiger partial charge is 0.435 e. The Hall–Kier alpha value is -2.24. The Bertz CT molecular complexity index is 1230. The van der Waals surface area contributed by atoms with Gasteiger partial charge < -0.3 is 5.32 Å². The quantitative estimate of drug-likeness (QED) is 0.569. The average molecular weight is 525 g/mol. The van der Waals surface area contributed by atoms with Gasteiger partial charge in [0, 0.05) is 18.8 Å². The number of hydrogen-bond donors (Lipinski definition) is 1. The third kappa shape index (κ3) is 4.99.